The van der Waals surface area contributed by atoms with Crippen molar-refractivity contribution < 1.29 is 9.90 Å². The van der Waals surface area contributed by atoms with Gasteiger partial charge in [-0.1, -0.05) is 24.6 Å². The first kappa shape index (κ1) is 13.9. The third-order valence-corrected chi connectivity index (χ3v) is 3.39. The molecule has 0 saturated carbocycles. The first-order chi connectivity index (χ1) is 9.13. The van der Waals surface area contributed by atoms with Crippen molar-refractivity contribution in [3.63, 3.8) is 0 Å². The molecule has 2 aromatic rings. The smallest absolute Gasteiger partial charge is 0.224 e. The lowest BCUT2D eigenvalue weighted by atomic mass is 10.1. The molecule has 4 nitrogen and oxygen atoms in total. The van der Waals surface area contributed by atoms with Crippen LogP contribution < -0.4 is 5.32 Å². The van der Waals surface area contributed by atoms with Crippen LogP contribution in [0.1, 0.15) is 18.9 Å². The number of aromatic amines is 1. The summed E-state index contributed by atoms with van der Waals surface area (Å²) >= 11 is 5.91. The topological polar surface area (TPSA) is 65.1 Å². The zero-order valence-corrected chi connectivity index (χ0v) is 11.5. The molecule has 0 bridgehead atoms. The molecule has 1 aromatic carbocycles. The van der Waals surface area contributed by atoms with E-state index in [2.05, 4.69) is 10.3 Å². The van der Waals surface area contributed by atoms with Crippen LogP contribution in [-0.2, 0) is 11.2 Å². The number of aliphatic hydroxyl groups excluding tert-OH is 1. The van der Waals surface area contributed by atoms with Crippen molar-refractivity contribution in [3.05, 3.63) is 35.0 Å². The van der Waals surface area contributed by atoms with E-state index >= 15 is 0 Å². The van der Waals surface area contributed by atoms with E-state index in [4.69, 9.17) is 16.7 Å². The summed E-state index contributed by atoms with van der Waals surface area (Å²) in [5.74, 6) is -0.0863. The summed E-state index contributed by atoms with van der Waals surface area (Å²) in [6.07, 6.45) is 2.82. The van der Waals surface area contributed by atoms with Crippen molar-refractivity contribution in [1.82, 2.24) is 10.3 Å². The summed E-state index contributed by atoms with van der Waals surface area (Å²) in [6, 6.07) is 5.37. The van der Waals surface area contributed by atoms with E-state index in [1.54, 1.807) is 0 Å². The summed E-state index contributed by atoms with van der Waals surface area (Å²) in [5, 5.41) is 13.5. The summed E-state index contributed by atoms with van der Waals surface area (Å²) in [7, 11) is 0. The molecule has 1 amide bonds. The van der Waals surface area contributed by atoms with Crippen molar-refractivity contribution in [2.75, 3.05) is 6.61 Å². The average Bonchev–Trinajstić information content (AvgIpc) is 2.78. The Morgan fingerprint density at radius 1 is 1.53 bits per heavy atom. The molecule has 3 N–H and O–H groups in total. The maximum atomic E-state index is 11.9. The Kier molecular flexibility index (Phi) is 4.45. The van der Waals surface area contributed by atoms with Crippen LogP contribution in [0, 0.1) is 0 Å². The molecule has 1 aromatic heterocycles. The zero-order chi connectivity index (χ0) is 13.8. The highest BCUT2D eigenvalue weighted by Gasteiger charge is 2.12. The highest BCUT2D eigenvalue weighted by atomic mass is 35.5. The number of carbonyl (C=O) groups excluding carboxylic acids is 1. The van der Waals surface area contributed by atoms with Gasteiger partial charge in [-0.15, -0.1) is 0 Å². The van der Waals surface area contributed by atoms with Crippen molar-refractivity contribution >= 4 is 28.4 Å². The minimum atomic E-state index is -0.174. The van der Waals surface area contributed by atoms with E-state index in [1.165, 1.54) is 0 Å². The highest BCUT2D eigenvalue weighted by Crippen LogP contribution is 2.22. The second kappa shape index (κ2) is 6.08. The lowest BCUT2D eigenvalue weighted by Gasteiger charge is -2.13. The number of benzene rings is 1. The van der Waals surface area contributed by atoms with E-state index in [9.17, 15) is 4.79 Å². The normalized spacial score (nSPS) is 12.6. The van der Waals surface area contributed by atoms with Crippen LogP contribution in [0.5, 0.6) is 0 Å². The second-order valence-corrected chi connectivity index (χ2v) is 4.97. The van der Waals surface area contributed by atoms with Crippen molar-refractivity contribution in [2.24, 2.45) is 0 Å². The van der Waals surface area contributed by atoms with Crippen molar-refractivity contribution in [2.45, 2.75) is 25.8 Å². The van der Waals surface area contributed by atoms with Gasteiger partial charge in [0.05, 0.1) is 19.1 Å². The van der Waals surface area contributed by atoms with Crippen LogP contribution in [0.25, 0.3) is 10.9 Å². The molecular weight excluding hydrogens is 264 g/mol. The molecule has 19 heavy (non-hydrogen) atoms. The maximum Gasteiger partial charge on any atom is 0.224 e. The highest BCUT2D eigenvalue weighted by molar-refractivity contribution is 6.31. The molecule has 2 rings (SSSR count). The zero-order valence-electron chi connectivity index (χ0n) is 10.7. The summed E-state index contributed by atoms with van der Waals surface area (Å²) in [6.45, 7) is 1.89. The third-order valence-electron chi connectivity index (χ3n) is 3.16. The van der Waals surface area contributed by atoms with Gasteiger partial charge in [-0.3, -0.25) is 4.79 Å². The minimum absolute atomic E-state index is 0.0360. The number of nitrogens with one attached hydrogen (secondary N) is 2. The van der Waals surface area contributed by atoms with E-state index in [1.807, 2.05) is 31.3 Å². The molecule has 0 saturated heterocycles. The van der Waals surface area contributed by atoms with Crippen LogP contribution >= 0.6 is 11.6 Å². The number of amides is 1. The summed E-state index contributed by atoms with van der Waals surface area (Å²) in [4.78, 5) is 15.0. The van der Waals surface area contributed by atoms with Crippen LogP contribution in [-0.4, -0.2) is 28.6 Å². The number of halogens is 1. The van der Waals surface area contributed by atoms with E-state index in [-0.39, 0.29) is 25.0 Å². The number of hydrogen-bond donors (Lipinski definition) is 3. The monoisotopic (exact) mass is 280 g/mol. The Hall–Kier alpha value is -1.52. The number of fused-ring (bicyclic) bond motifs is 1. The predicted octanol–water partition coefficient (Wildman–Crippen LogP) is 2.25. The van der Waals surface area contributed by atoms with Crippen LogP contribution in [0.4, 0.5) is 0 Å². The Bertz CT molecular complexity index is 576. The maximum absolute atomic E-state index is 11.9. The summed E-state index contributed by atoms with van der Waals surface area (Å²) in [5.41, 5.74) is 1.85. The number of aliphatic hydroxyl groups is 1. The van der Waals surface area contributed by atoms with Crippen LogP contribution in [0.3, 0.4) is 0 Å². The number of aromatic nitrogens is 1. The van der Waals surface area contributed by atoms with Crippen LogP contribution in [0.2, 0.25) is 5.02 Å². The predicted molar refractivity (Wildman–Crippen MR) is 76.3 cm³/mol. The van der Waals surface area contributed by atoms with Gasteiger partial charge in [0.2, 0.25) is 5.91 Å². The molecule has 102 valence electrons. The van der Waals surface area contributed by atoms with Gasteiger partial charge >= 0.3 is 0 Å². The molecule has 0 radical (unpaired) electrons. The number of carbonyl (C=O) groups is 1. The SMILES string of the molecule is CCC(CO)NC(=O)Cc1c[nH]c2cc(Cl)ccc12. The Balaban J connectivity index is 2.11. The quantitative estimate of drug-likeness (QED) is 0.786. The minimum Gasteiger partial charge on any atom is -0.394 e. The molecule has 5 heteroatoms. The number of hydrogen-bond acceptors (Lipinski definition) is 2. The fourth-order valence-electron chi connectivity index (χ4n) is 2.03. The van der Waals surface area contributed by atoms with Gasteiger partial charge in [-0.05, 0) is 24.1 Å². The van der Waals surface area contributed by atoms with E-state index in [0.29, 0.717) is 11.4 Å². The first-order valence-electron chi connectivity index (χ1n) is 6.29. The fraction of sp³-hybridized carbons (Fsp3) is 0.357. The Labute approximate surface area is 116 Å². The lowest BCUT2D eigenvalue weighted by Crippen LogP contribution is -2.37. The fourth-order valence-corrected chi connectivity index (χ4v) is 2.21. The van der Waals surface area contributed by atoms with Gasteiger partial charge in [0.1, 0.15) is 0 Å². The van der Waals surface area contributed by atoms with Gasteiger partial charge in [0.15, 0.2) is 0 Å². The molecule has 0 fully saturated rings. The largest absolute Gasteiger partial charge is 0.394 e. The van der Waals surface area contributed by atoms with Gasteiger partial charge in [0, 0.05) is 22.1 Å². The van der Waals surface area contributed by atoms with Crippen molar-refractivity contribution in [3.8, 4) is 0 Å². The molecule has 0 aliphatic rings. The molecule has 1 atom stereocenters. The number of H-pyrrole nitrogens is 1. The van der Waals surface area contributed by atoms with Crippen LogP contribution in [0.15, 0.2) is 24.4 Å². The number of rotatable bonds is 5. The standard InChI is InChI=1S/C14H17ClN2O2/c1-2-11(8-18)17-14(19)5-9-7-16-13-6-10(15)3-4-12(9)13/h3-4,6-7,11,16,18H,2,5,8H2,1H3,(H,17,19). The average molecular weight is 281 g/mol. The third kappa shape index (κ3) is 3.28. The first-order valence-corrected chi connectivity index (χ1v) is 6.67. The molecule has 0 spiro atoms. The molecular formula is C14H17ClN2O2. The second-order valence-electron chi connectivity index (χ2n) is 4.54. The molecule has 1 heterocycles. The van der Waals surface area contributed by atoms with Gasteiger partial charge in [0.25, 0.3) is 0 Å². The Morgan fingerprint density at radius 3 is 3.00 bits per heavy atom. The van der Waals surface area contributed by atoms with E-state index < -0.39 is 0 Å². The van der Waals surface area contributed by atoms with Crippen molar-refractivity contribution in [1.29, 1.82) is 0 Å². The van der Waals surface area contributed by atoms with Gasteiger partial charge < -0.3 is 15.4 Å². The lowest BCUT2D eigenvalue weighted by molar-refractivity contribution is -0.121. The van der Waals surface area contributed by atoms with Gasteiger partial charge in [-0.25, -0.2) is 0 Å². The van der Waals surface area contributed by atoms with Gasteiger partial charge in [-0.2, -0.15) is 0 Å². The summed E-state index contributed by atoms with van der Waals surface area (Å²) < 4.78 is 0. The Morgan fingerprint density at radius 2 is 2.32 bits per heavy atom. The molecule has 0 aliphatic heterocycles. The van der Waals surface area contributed by atoms with E-state index in [0.717, 1.165) is 16.5 Å². The molecule has 1 unspecified atom stereocenters. The molecule has 0 aliphatic carbocycles.